The molecule has 0 radical (unpaired) electrons. The fourth-order valence-electron chi connectivity index (χ4n) is 1.77. The van der Waals surface area contributed by atoms with Crippen LogP contribution in [-0.4, -0.2) is 21.2 Å². The second-order valence-electron chi connectivity index (χ2n) is 4.29. The van der Waals surface area contributed by atoms with Gasteiger partial charge in [0.1, 0.15) is 5.69 Å². The van der Waals surface area contributed by atoms with Crippen molar-refractivity contribution in [3.8, 4) is 0 Å². The van der Waals surface area contributed by atoms with E-state index in [1.807, 2.05) is 26.2 Å². The highest BCUT2D eigenvalue weighted by molar-refractivity contribution is 7.99. The van der Waals surface area contributed by atoms with Crippen LogP contribution in [0, 0.1) is 10.1 Å². The molecular weight excluding hydrogens is 276 g/mol. The largest absolute Gasteiger partial charge is 0.379 e. The van der Waals surface area contributed by atoms with Gasteiger partial charge in [-0.3, -0.25) is 14.8 Å². The number of benzene rings is 1. The first-order valence-electron chi connectivity index (χ1n) is 6.29. The molecule has 0 aliphatic carbocycles. The van der Waals surface area contributed by atoms with E-state index in [0.29, 0.717) is 17.1 Å². The summed E-state index contributed by atoms with van der Waals surface area (Å²) in [7, 11) is 1.82. The Labute approximate surface area is 121 Å². The van der Waals surface area contributed by atoms with E-state index in [2.05, 4.69) is 10.4 Å². The number of aryl methyl sites for hydroxylation is 1. The van der Waals surface area contributed by atoms with E-state index in [0.717, 1.165) is 11.3 Å². The molecule has 2 aromatic rings. The van der Waals surface area contributed by atoms with E-state index in [1.54, 1.807) is 23.0 Å². The quantitative estimate of drug-likeness (QED) is 0.653. The maximum Gasteiger partial charge on any atom is 0.306 e. The molecule has 1 aromatic carbocycles. The van der Waals surface area contributed by atoms with Crippen LogP contribution in [0.1, 0.15) is 13.3 Å². The minimum atomic E-state index is -0.337. The molecule has 6 nitrogen and oxygen atoms in total. The van der Waals surface area contributed by atoms with Crippen molar-refractivity contribution in [2.45, 2.75) is 23.1 Å². The Morgan fingerprint density at radius 1 is 1.50 bits per heavy atom. The van der Waals surface area contributed by atoms with Gasteiger partial charge in [0.25, 0.3) is 0 Å². The van der Waals surface area contributed by atoms with Crippen LogP contribution in [0.2, 0.25) is 0 Å². The summed E-state index contributed by atoms with van der Waals surface area (Å²) in [4.78, 5) is 12.5. The summed E-state index contributed by atoms with van der Waals surface area (Å²) in [6.45, 7) is 2.73. The van der Waals surface area contributed by atoms with Crippen molar-refractivity contribution in [1.29, 1.82) is 0 Å². The Balaban J connectivity index is 2.33. The zero-order valence-electron chi connectivity index (χ0n) is 11.4. The molecule has 0 amide bonds. The van der Waals surface area contributed by atoms with Gasteiger partial charge in [0.05, 0.1) is 20.9 Å². The molecule has 0 aliphatic heterocycles. The molecule has 0 saturated heterocycles. The van der Waals surface area contributed by atoms with Crippen molar-refractivity contribution in [2.75, 3.05) is 11.9 Å². The minimum Gasteiger partial charge on any atom is -0.379 e. The van der Waals surface area contributed by atoms with Crippen LogP contribution in [0.15, 0.2) is 40.4 Å². The van der Waals surface area contributed by atoms with Gasteiger partial charge in [0.15, 0.2) is 0 Å². The minimum absolute atomic E-state index is 0.120. The van der Waals surface area contributed by atoms with Crippen LogP contribution in [0.25, 0.3) is 0 Å². The van der Waals surface area contributed by atoms with Gasteiger partial charge >= 0.3 is 5.69 Å². The molecule has 0 atom stereocenters. The molecule has 0 aliphatic rings. The Hall–Kier alpha value is -2.02. The fraction of sp³-hybridized carbons (Fsp3) is 0.308. The summed E-state index contributed by atoms with van der Waals surface area (Å²) in [5.41, 5.74) is 0.681. The maximum absolute atomic E-state index is 11.3. The number of nitrogens with one attached hydrogen (secondary N) is 1. The Morgan fingerprint density at radius 2 is 2.30 bits per heavy atom. The first-order valence-corrected chi connectivity index (χ1v) is 7.11. The van der Waals surface area contributed by atoms with Crippen molar-refractivity contribution in [1.82, 2.24) is 9.78 Å². The van der Waals surface area contributed by atoms with Crippen LogP contribution in [-0.2, 0) is 7.05 Å². The first-order chi connectivity index (χ1) is 9.61. The van der Waals surface area contributed by atoms with Crippen molar-refractivity contribution in [3.63, 3.8) is 0 Å². The van der Waals surface area contributed by atoms with E-state index in [-0.39, 0.29) is 10.6 Å². The number of aromatic nitrogens is 2. The summed E-state index contributed by atoms with van der Waals surface area (Å²) in [5.74, 6) is 0. The molecule has 0 spiro atoms. The van der Waals surface area contributed by atoms with E-state index < -0.39 is 0 Å². The van der Waals surface area contributed by atoms with Crippen molar-refractivity contribution < 1.29 is 4.92 Å². The highest BCUT2D eigenvalue weighted by atomic mass is 32.2. The van der Waals surface area contributed by atoms with Gasteiger partial charge in [-0.25, -0.2) is 0 Å². The van der Waals surface area contributed by atoms with Crippen molar-refractivity contribution in [3.05, 3.63) is 40.7 Å². The number of nitro benzene ring substituents is 1. The predicted octanol–water partition coefficient (Wildman–Crippen LogP) is 3.30. The van der Waals surface area contributed by atoms with Crippen LogP contribution < -0.4 is 5.32 Å². The molecular formula is C13H16N4O2S. The normalized spacial score (nSPS) is 10.5. The third-order valence-electron chi connectivity index (χ3n) is 2.66. The molecule has 0 fully saturated rings. The van der Waals surface area contributed by atoms with Gasteiger partial charge in [0.2, 0.25) is 0 Å². The highest BCUT2D eigenvalue weighted by Crippen LogP contribution is 2.39. The van der Waals surface area contributed by atoms with Crippen LogP contribution in [0.4, 0.5) is 11.4 Å². The zero-order chi connectivity index (χ0) is 14.5. The van der Waals surface area contributed by atoms with Crippen LogP contribution in [0.3, 0.4) is 0 Å². The molecule has 0 saturated carbocycles. The van der Waals surface area contributed by atoms with Crippen LogP contribution >= 0.6 is 11.8 Å². The molecule has 1 N–H and O–H groups in total. The summed E-state index contributed by atoms with van der Waals surface area (Å²) < 4.78 is 1.67. The molecule has 1 heterocycles. The molecule has 20 heavy (non-hydrogen) atoms. The van der Waals surface area contributed by atoms with Gasteiger partial charge in [-0.05, 0) is 18.6 Å². The van der Waals surface area contributed by atoms with E-state index in [4.69, 9.17) is 0 Å². The number of hydrogen-bond donors (Lipinski definition) is 1. The van der Waals surface area contributed by atoms with Gasteiger partial charge < -0.3 is 5.32 Å². The highest BCUT2D eigenvalue weighted by Gasteiger charge is 2.20. The van der Waals surface area contributed by atoms with Gasteiger partial charge in [-0.1, -0.05) is 24.8 Å². The monoisotopic (exact) mass is 292 g/mol. The standard InChI is InChI=1S/C13H16N4O2S/c1-3-7-14-11-5-4-6-12(13(11)17(18)19)20-10-8-15-16(2)9-10/h4-6,8-9,14H,3,7H2,1-2H3. The lowest BCUT2D eigenvalue weighted by Crippen LogP contribution is -2.03. The Kier molecular flexibility index (Phi) is 4.62. The van der Waals surface area contributed by atoms with Crippen molar-refractivity contribution >= 4 is 23.1 Å². The van der Waals surface area contributed by atoms with Gasteiger partial charge in [-0.15, -0.1) is 0 Å². The van der Waals surface area contributed by atoms with Crippen LogP contribution in [0.5, 0.6) is 0 Å². The average molecular weight is 292 g/mol. The van der Waals surface area contributed by atoms with E-state index in [9.17, 15) is 10.1 Å². The van der Waals surface area contributed by atoms with Crippen molar-refractivity contribution in [2.24, 2.45) is 7.05 Å². The predicted molar refractivity (Wildman–Crippen MR) is 79.2 cm³/mol. The molecule has 106 valence electrons. The SMILES string of the molecule is CCCNc1cccc(Sc2cnn(C)c2)c1[N+](=O)[O-]. The molecule has 7 heteroatoms. The average Bonchev–Trinajstić information content (AvgIpc) is 2.81. The molecule has 1 aromatic heterocycles. The number of para-hydroxylation sites is 1. The topological polar surface area (TPSA) is 73.0 Å². The second kappa shape index (κ2) is 6.42. The number of rotatable bonds is 6. The summed E-state index contributed by atoms with van der Waals surface area (Å²) in [6, 6.07) is 5.32. The number of nitrogens with zero attached hydrogens (tertiary/aromatic N) is 3. The fourth-order valence-corrected chi connectivity index (χ4v) is 2.76. The second-order valence-corrected chi connectivity index (χ2v) is 5.40. The van der Waals surface area contributed by atoms with Gasteiger partial charge in [-0.2, -0.15) is 5.10 Å². The number of nitro groups is 1. The first kappa shape index (κ1) is 14.4. The Morgan fingerprint density at radius 3 is 2.90 bits per heavy atom. The lowest BCUT2D eigenvalue weighted by molar-refractivity contribution is -0.386. The summed E-state index contributed by atoms with van der Waals surface area (Å²) in [6.07, 6.45) is 4.44. The lowest BCUT2D eigenvalue weighted by atomic mass is 10.2. The van der Waals surface area contributed by atoms with Gasteiger partial charge in [0, 0.05) is 19.8 Å². The Bertz CT molecular complexity index is 612. The smallest absolute Gasteiger partial charge is 0.306 e. The summed E-state index contributed by atoms with van der Waals surface area (Å²) in [5, 5.41) is 18.5. The molecule has 0 bridgehead atoms. The number of anilines is 1. The van der Waals surface area contributed by atoms with E-state index >= 15 is 0 Å². The zero-order valence-corrected chi connectivity index (χ0v) is 12.2. The lowest BCUT2D eigenvalue weighted by Gasteiger charge is -2.08. The molecule has 0 unspecified atom stereocenters. The van der Waals surface area contributed by atoms with E-state index in [1.165, 1.54) is 11.8 Å². The number of hydrogen-bond acceptors (Lipinski definition) is 5. The maximum atomic E-state index is 11.3. The molecule has 2 rings (SSSR count). The summed E-state index contributed by atoms with van der Waals surface area (Å²) >= 11 is 1.35. The third-order valence-corrected chi connectivity index (χ3v) is 3.65. The third kappa shape index (κ3) is 3.30.